The number of fused-ring (bicyclic) bond motifs is 1. The molecule has 144 valence electrons. The number of methoxy groups -OCH3 is 1. The van der Waals surface area contributed by atoms with Crippen LogP contribution in [0.25, 0.3) is 16.5 Å². The van der Waals surface area contributed by atoms with Crippen molar-refractivity contribution in [3.05, 3.63) is 75.7 Å². The number of carbonyl (C=O) groups is 1. The van der Waals surface area contributed by atoms with E-state index in [1.807, 2.05) is 0 Å². The van der Waals surface area contributed by atoms with Gasteiger partial charge in [0.15, 0.2) is 5.78 Å². The van der Waals surface area contributed by atoms with Crippen molar-refractivity contribution in [1.29, 1.82) is 0 Å². The number of nitrogens with zero attached hydrogens (tertiary/aromatic N) is 2. The van der Waals surface area contributed by atoms with Crippen molar-refractivity contribution in [2.75, 3.05) is 7.11 Å². The van der Waals surface area contributed by atoms with Crippen LogP contribution in [0, 0.1) is 5.82 Å². The number of benzene rings is 1. The van der Waals surface area contributed by atoms with Crippen LogP contribution < -0.4 is 16.0 Å². The van der Waals surface area contributed by atoms with Gasteiger partial charge < -0.3 is 15.0 Å². The van der Waals surface area contributed by atoms with E-state index in [1.54, 1.807) is 25.1 Å². The third-order valence-electron chi connectivity index (χ3n) is 4.47. The molecule has 0 saturated heterocycles. The normalized spacial score (nSPS) is 12.0. The fourth-order valence-electron chi connectivity index (χ4n) is 3.21. The topological polar surface area (TPSA) is 87.2 Å². The highest BCUT2D eigenvalue weighted by atomic mass is 19.1. The van der Waals surface area contributed by atoms with E-state index in [0.29, 0.717) is 33.5 Å². The number of ether oxygens (including phenoxy) is 1. The minimum Gasteiger partial charge on any atom is -0.496 e. The lowest BCUT2D eigenvalue weighted by Crippen LogP contribution is -2.21. The Kier molecular flexibility index (Phi) is 5.26. The third-order valence-corrected chi connectivity index (χ3v) is 4.47. The molecule has 0 unspecified atom stereocenters. The zero-order valence-electron chi connectivity index (χ0n) is 15.8. The molecule has 1 aromatic carbocycles. The third kappa shape index (κ3) is 3.51. The van der Waals surface area contributed by atoms with Gasteiger partial charge in [0, 0.05) is 35.2 Å². The van der Waals surface area contributed by atoms with Crippen LogP contribution in [0.5, 0.6) is 5.75 Å². The Balaban J connectivity index is 2.27. The second-order valence-electron chi connectivity index (χ2n) is 6.42. The summed E-state index contributed by atoms with van der Waals surface area (Å²) in [7, 11) is 1.47. The predicted molar refractivity (Wildman–Crippen MR) is 106 cm³/mol. The molecule has 0 aliphatic heterocycles. The first-order chi connectivity index (χ1) is 13.3. The average Bonchev–Trinajstić information content (AvgIpc) is 2.64. The number of nitrogens with two attached hydrogens (primary N) is 1. The monoisotopic (exact) mass is 381 g/mol. The van der Waals surface area contributed by atoms with E-state index in [-0.39, 0.29) is 23.6 Å². The molecule has 0 radical (unpaired) electrons. The van der Waals surface area contributed by atoms with Gasteiger partial charge in [0.05, 0.1) is 24.9 Å². The van der Waals surface area contributed by atoms with Crippen molar-refractivity contribution < 1.29 is 13.9 Å². The molecule has 2 N–H and O–H groups in total. The molecule has 28 heavy (non-hydrogen) atoms. The lowest BCUT2D eigenvalue weighted by molar-refractivity contribution is -0.111. The van der Waals surface area contributed by atoms with Crippen LogP contribution in [-0.4, -0.2) is 22.4 Å². The minimum atomic E-state index is -0.490. The molecule has 7 heteroatoms. The van der Waals surface area contributed by atoms with E-state index in [4.69, 9.17) is 10.5 Å². The Morgan fingerprint density at radius 2 is 2.00 bits per heavy atom. The number of carbonyl (C=O) groups excluding carboxylic acids is 1. The molecule has 0 aliphatic rings. The first kappa shape index (κ1) is 19.3. The fourth-order valence-corrected chi connectivity index (χ4v) is 3.21. The maximum absolute atomic E-state index is 14.0. The Labute approximate surface area is 161 Å². The molecule has 0 spiro atoms. The maximum Gasteiger partial charge on any atom is 0.251 e. The smallest absolute Gasteiger partial charge is 0.251 e. The lowest BCUT2D eigenvalue weighted by Gasteiger charge is -2.16. The summed E-state index contributed by atoms with van der Waals surface area (Å²) in [6.07, 6.45) is 1.47. The Bertz CT molecular complexity index is 1160. The molecule has 3 aromatic rings. The zero-order valence-corrected chi connectivity index (χ0v) is 15.8. The summed E-state index contributed by atoms with van der Waals surface area (Å²) in [5.41, 5.74) is 7.56. The van der Waals surface area contributed by atoms with E-state index < -0.39 is 5.82 Å². The van der Waals surface area contributed by atoms with E-state index in [2.05, 4.69) is 4.98 Å². The van der Waals surface area contributed by atoms with Crippen LogP contribution in [0.2, 0.25) is 0 Å². The summed E-state index contributed by atoms with van der Waals surface area (Å²) >= 11 is 0. The van der Waals surface area contributed by atoms with E-state index >= 15 is 0 Å². The van der Waals surface area contributed by atoms with Crippen LogP contribution in [0.1, 0.15) is 25.1 Å². The van der Waals surface area contributed by atoms with Crippen molar-refractivity contribution in [2.24, 2.45) is 5.73 Å². The van der Waals surface area contributed by atoms with Crippen LogP contribution in [0.3, 0.4) is 0 Å². The van der Waals surface area contributed by atoms with Crippen molar-refractivity contribution in [3.8, 4) is 5.75 Å². The standard InChI is InChI=1S/C21H20FN3O3/c1-12(23)21(13(2)26)15-9-14-6-7-20(27)25(18(14)10-19(15)28-3)11-17-16(22)5-4-8-24-17/h4-10H,11,23H2,1-3H3. The van der Waals surface area contributed by atoms with Gasteiger partial charge in [-0.05, 0) is 43.5 Å². The van der Waals surface area contributed by atoms with Crippen molar-refractivity contribution in [3.63, 3.8) is 0 Å². The maximum atomic E-state index is 14.0. The Hall–Kier alpha value is -3.48. The number of allylic oxidation sites excluding steroid dienone is 2. The number of halogens is 1. The highest BCUT2D eigenvalue weighted by Gasteiger charge is 2.18. The highest BCUT2D eigenvalue weighted by Crippen LogP contribution is 2.32. The molecule has 0 amide bonds. The van der Waals surface area contributed by atoms with Gasteiger partial charge in [-0.15, -0.1) is 0 Å². The molecule has 0 fully saturated rings. The molecule has 2 heterocycles. The number of ketones is 1. The number of hydrogen-bond acceptors (Lipinski definition) is 5. The van der Waals surface area contributed by atoms with Gasteiger partial charge in [0.25, 0.3) is 5.56 Å². The zero-order chi connectivity index (χ0) is 20.4. The molecule has 6 nitrogen and oxygen atoms in total. The van der Waals surface area contributed by atoms with Crippen molar-refractivity contribution in [1.82, 2.24) is 9.55 Å². The Morgan fingerprint density at radius 3 is 2.61 bits per heavy atom. The molecule has 0 atom stereocenters. The Morgan fingerprint density at radius 1 is 1.25 bits per heavy atom. The van der Waals surface area contributed by atoms with Crippen LogP contribution in [0.15, 0.2) is 53.1 Å². The number of aromatic nitrogens is 2. The van der Waals surface area contributed by atoms with Gasteiger partial charge in [-0.25, -0.2) is 4.39 Å². The summed E-state index contributed by atoms with van der Waals surface area (Å²) in [6.45, 7) is 3.04. The molecular weight excluding hydrogens is 361 g/mol. The average molecular weight is 381 g/mol. The largest absolute Gasteiger partial charge is 0.496 e. The second kappa shape index (κ2) is 7.64. The van der Waals surface area contributed by atoms with E-state index in [9.17, 15) is 14.0 Å². The van der Waals surface area contributed by atoms with E-state index in [1.165, 1.54) is 43.0 Å². The van der Waals surface area contributed by atoms with Gasteiger partial charge in [-0.3, -0.25) is 14.6 Å². The lowest BCUT2D eigenvalue weighted by atomic mass is 9.97. The molecule has 0 bridgehead atoms. The minimum absolute atomic E-state index is 0.0311. The SMILES string of the molecule is COc1cc2c(ccc(=O)n2Cc2ncccc2F)cc1C(C(C)=O)=C(C)N. The van der Waals surface area contributed by atoms with Gasteiger partial charge in [-0.2, -0.15) is 0 Å². The molecular formula is C21H20FN3O3. The van der Waals surface area contributed by atoms with E-state index in [0.717, 1.165) is 0 Å². The molecule has 0 saturated carbocycles. The molecule has 3 rings (SSSR count). The summed E-state index contributed by atoms with van der Waals surface area (Å²) in [6, 6.07) is 9.22. The molecule has 2 aromatic heterocycles. The van der Waals surface area contributed by atoms with Crippen LogP contribution >= 0.6 is 0 Å². The summed E-state index contributed by atoms with van der Waals surface area (Å²) < 4.78 is 20.9. The predicted octanol–water partition coefficient (Wildman–Crippen LogP) is 2.87. The fraction of sp³-hybridized carbons (Fsp3) is 0.190. The number of hydrogen-bond donors (Lipinski definition) is 1. The summed E-state index contributed by atoms with van der Waals surface area (Å²) in [4.78, 5) is 28.6. The van der Waals surface area contributed by atoms with Crippen LogP contribution in [-0.2, 0) is 11.3 Å². The summed E-state index contributed by atoms with van der Waals surface area (Å²) in [5, 5.41) is 0.687. The highest BCUT2D eigenvalue weighted by molar-refractivity contribution is 6.21. The van der Waals surface area contributed by atoms with Crippen molar-refractivity contribution in [2.45, 2.75) is 20.4 Å². The number of rotatable bonds is 5. The molecule has 0 aliphatic carbocycles. The van der Waals surface area contributed by atoms with Gasteiger partial charge in [0.1, 0.15) is 11.6 Å². The van der Waals surface area contributed by atoms with Crippen LogP contribution in [0.4, 0.5) is 4.39 Å². The first-order valence-electron chi connectivity index (χ1n) is 8.62. The number of pyridine rings is 2. The van der Waals surface area contributed by atoms with Gasteiger partial charge >= 0.3 is 0 Å². The van der Waals surface area contributed by atoms with Crippen molar-refractivity contribution >= 4 is 22.3 Å². The van der Waals surface area contributed by atoms with Gasteiger partial charge in [0.2, 0.25) is 0 Å². The quantitative estimate of drug-likeness (QED) is 0.687. The van der Waals surface area contributed by atoms with Gasteiger partial charge in [-0.1, -0.05) is 0 Å². The second-order valence-corrected chi connectivity index (χ2v) is 6.42. The summed E-state index contributed by atoms with van der Waals surface area (Å²) in [5.74, 6) is -0.291. The first-order valence-corrected chi connectivity index (χ1v) is 8.62. The number of Topliss-reactive ketones (excluding diaryl/α,β-unsaturated/α-hetero) is 1.